The number of aromatic nitrogens is 1. The van der Waals surface area contributed by atoms with Crippen molar-refractivity contribution in [2.75, 3.05) is 37.2 Å². The number of likely N-dealkylation sites (N-methyl/N-ethyl adjacent to an activating group) is 1. The van der Waals surface area contributed by atoms with Crippen LogP contribution < -0.4 is 11.1 Å². The summed E-state index contributed by atoms with van der Waals surface area (Å²) in [7, 11) is 0. The van der Waals surface area contributed by atoms with Gasteiger partial charge in [-0.15, -0.1) is 0 Å². The van der Waals surface area contributed by atoms with Crippen LogP contribution in [-0.2, 0) is 0 Å². The zero-order valence-corrected chi connectivity index (χ0v) is 14.3. The molecule has 3 N–H and O–H groups in total. The lowest BCUT2D eigenvalue weighted by Gasteiger charge is -2.20. The van der Waals surface area contributed by atoms with Crippen LogP contribution >= 0.6 is 15.9 Å². The number of halogens is 1. The lowest BCUT2D eigenvalue weighted by atomic mass is 10.1. The number of hydrogen-bond acceptors (Lipinski definition) is 4. The normalized spacial score (nSPS) is 11.2. The molecule has 2 rings (SSSR count). The lowest BCUT2D eigenvalue weighted by Crippen LogP contribution is -2.29. The van der Waals surface area contributed by atoms with E-state index in [1.165, 1.54) is 6.42 Å². The van der Waals surface area contributed by atoms with Crippen molar-refractivity contribution in [3.05, 3.63) is 28.9 Å². The molecule has 0 aliphatic heterocycles. The fraction of sp³-hybridized carbons (Fsp3) is 0.438. The maximum Gasteiger partial charge on any atom is 0.0743 e. The van der Waals surface area contributed by atoms with Crippen molar-refractivity contribution in [3.63, 3.8) is 0 Å². The number of nitrogens with two attached hydrogens (primary N) is 1. The zero-order chi connectivity index (χ0) is 15.2. The first-order chi connectivity index (χ1) is 10.2. The van der Waals surface area contributed by atoms with Crippen molar-refractivity contribution >= 4 is 38.2 Å². The van der Waals surface area contributed by atoms with Crippen LogP contribution in [0, 0.1) is 0 Å². The van der Waals surface area contributed by atoms with E-state index >= 15 is 0 Å². The van der Waals surface area contributed by atoms with Crippen molar-refractivity contribution in [2.24, 2.45) is 0 Å². The standard InChI is InChI=1S/C16H23BrN4/c1-3-8-21(4-2)9-7-19-16-13-10-12(17)5-6-15(13)20-11-14(16)18/h5-6,10-11H,3-4,7-9,18H2,1-2H3,(H,19,20). The van der Waals surface area contributed by atoms with Crippen LogP contribution in [0.5, 0.6) is 0 Å². The molecular formula is C16H23BrN4. The predicted molar refractivity (Wildman–Crippen MR) is 94.8 cm³/mol. The number of anilines is 2. The summed E-state index contributed by atoms with van der Waals surface area (Å²) in [6.07, 6.45) is 2.91. The fourth-order valence-electron chi connectivity index (χ4n) is 2.46. The summed E-state index contributed by atoms with van der Waals surface area (Å²) in [5.74, 6) is 0. The van der Waals surface area contributed by atoms with Crippen LogP contribution in [0.3, 0.4) is 0 Å². The van der Waals surface area contributed by atoms with E-state index in [1.54, 1.807) is 6.20 Å². The molecule has 1 aromatic heterocycles. The predicted octanol–water partition coefficient (Wildman–Crippen LogP) is 3.72. The number of hydrogen-bond donors (Lipinski definition) is 2. The molecule has 21 heavy (non-hydrogen) atoms. The van der Waals surface area contributed by atoms with Gasteiger partial charge in [0, 0.05) is 22.9 Å². The third-order valence-electron chi connectivity index (χ3n) is 3.58. The quantitative estimate of drug-likeness (QED) is 0.798. The Hall–Kier alpha value is -1.33. The van der Waals surface area contributed by atoms with E-state index < -0.39 is 0 Å². The van der Waals surface area contributed by atoms with Gasteiger partial charge >= 0.3 is 0 Å². The molecule has 114 valence electrons. The van der Waals surface area contributed by atoms with Gasteiger partial charge in [-0.2, -0.15) is 0 Å². The molecule has 0 fully saturated rings. The van der Waals surface area contributed by atoms with Gasteiger partial charge in [0.05, 0.1) is 23.1 Å². The largest absolute Gasteiger partial charge is 0.396 e. The highest BCUT2D eigenvalue weighted by Gasteiger charge is 2.08. The van der Waals surface area contributed by atoms with E-state index in [0.29, 0.717) is 5.69 Å². The number of benzene rings is 1. The molecule has 5 heteroatoms. The molecule has 0 aliphatic carbocycles. The fourth-order valence-corrected chi connectivity index (χ4v) is 2.82. The van der Waals surface area contributed by atoms with Crippen molar-refractivity contribution in [2.45, 2.75) is 20.3 Å². The number of nitrogens with zero attached hydrogens (tertiary/aromatic N) is 2. The number of fused-ring (bicyclic) bond motifs is 1. The van der Waals surface area contributed by atoms with Gasteiger partial charge in [-0.25, -0.2) is 0 Å². The maximum atomic E-state index is 6.09. The molecule has 0 spiro atoms. The third-order valence-corrected chi connectivity index (χ3v) is 4.07. The van der Waals surface area contributed by atoms with Crippen LogP contribution in [0.1, 0.15) is 20.3 Å². The lowest BCUT2D eigenvalue weighted by molar-refractivity contribution is 0.300. The highest BCUT2D eigenvalue weighted by atomic mass is 79.9. The Kier molecular flexibility index (Phi) is 5.82. The average molecular weight is 351 g/mol. The van der Waals surface area contributed by atoms with Gasteiger partial charge in [-0.1, -0.05) is 29.8 Å². The third kappa shape index (κ3) is 4.08. The van der Waals surface area contributed by atoms with Gasteiger partial charge in [0.25, 0.3) is 0 Å². The summed E-state index contributed by atoms with van der Waals surface area (Å²) in [4.78, 5) is 6.81. The molecule has 0 saturated heterocycles. The van der Waals surface area contributed by atoms with Crippen molar-refractivity contribution < 1.29 is 0 Å². The molecular weight excluding hydrogens is 328 g/mol. The van der Waals surface area contributed by atoms with Crippen molar-refractivity contribution in [1.29, 1.82) is 0 Å². The SMILES string of the molecule is CCCN(CC)CCNc1c(N)cnc2ccc(Br)cc12. The molecule has 0 bridgehead atoms. The van der Waals surface area contributed by atoms with Crippen LogP contribution in [0.15, 0.2) is 28.9 Å². The summed E-state index contributed by atoms with van der Waals surface area (Å²) in [5.41, 5.74) is 8.72. The van der Waals surface area contributed by atoms with E-state index in [9.17, 15) is 0 Å². The number of pyridine rings is 1. The highest BCUT2D eigenvalue weighted by molar-refractivity contribution is 9.10. The Morgan fingerprint density at radius 3 is 2.81 bits per heavy atom. The summed E-state index contributed by atoms with van der Waals surface area (Å²) in [6, 6.07) is 6.06. The molecule has 0 radical (unpaired) electrons. The van der Waals surface area contributed by atoms with Gasteiger partial charge < -0.3 is 16.0 Å². The number of nitrogens with one attached hydrogen (secondary N) is 1. The molecule has 0 amide bonds. The van der Waals surface area contributed by atoms with E-state index in [-0.39, 0.29) is 0 Å². The van der Waals surface area contributed by atoms with Crippen molar-refractivity contribution in [3.8, 4) is 0 Å². The van der Waals surface area contributed by atoms with E-state index in [0.717, 1.165) is 47.2 Å². The first kappa shape index (κ1) is 16.0. The smallest absolute Gasteiger partial charge is 0.0743 e. The minimum atomic E-state index is 0.694. The average Bonchev–Trinajstić information content (AvgIpc) is 2.48. The highest BCUT2D eigenvalue weighted by Crippen LogP contribution is 2.29. The van der Waals surface area contributed by atoms with Crippen LogP contribution in [0.4, 0.5) is 11.4 Å². The molecule has 2 aromatic rings. The molecule has 0 unspecified atom stereocenters. The van der Waals surface area contributed by atoms with Gasteiger partial charge in [0.2, 0.25) is 0 Å². The summed E-state index contributed by atoms with van der Waals surface area (Å²) in [6.45, 7) is 8.51. The van der Waals surface area contributed by atoms with Gasteiger partial charge in [0.15, 0.2) is 0 Å². The van der Waals surface area contributed by atoms with E-state index in [4.69, 9.17) is 5.73 Å². The molecule has 0 saturated carbocycles. The molecule has 0 aliphatic rings. The minimum Gasteiger partial charge on any atom is -0.396 e. The Bertz CT molecular complexity index is 595. The molecule has 4 nitrogen and oxygen atoms in total. The molecule has 0 atom stereocenters. The van der Waals surface area contributed by atoms with Crippen LogP contribution in [0.25, 0.3) is 10.9 Å². The first-order valence-corrected chi connectivity index (χ1v) is 8.25. The van der Waals surface area contributed by atoms with Crippen LogP contribution in [0.2, 0.25) is 0 Å². The second-order valence-electron chi connectivity index (χ2n) is 5.11. The monoisotopic (exact) mass is 350 g/mol. The Morgan fingerprint density at radius 1 is 1.29 bits per heavy atom. The second-order valence-corrected chi connectivity index (χ2v) is 6.03. The second kappa shape index (κ2) is 7.61. The number of nitrogen functional groups attached to an aromatic ring is 1. The summed E-state index contributed by atoms with van der Waals surface area (Å²) < 4.78 is 1.03. The van der Waals surface area contributed by atoms with E-state index in [2.05, 4.69) is 51.0 Å². The van der Waals surface area contributed by atoms with Gasteiger partial charge in [0.1, 0.15) is 0 Å². The summed E-state index contributed by atoms with van der Waals surface area (Å²) >= 11 is 3.51. The van der Waals surface area contributed by atoms with Crippen LogP contribution in [-0.4, -0.2) is 36.1 Å². The minimum absolute atomic E-state index is 0.694. The van der Waals surface area contributed by atoms with Gasteiger partial charge in [-0.3, -0.25) is 4.98 Å². The Balaban J connectivity index is 2.14. The topological polar surface area (TPSA) is 54.2 Å². The maximum absolute atomic E-state index is 6.09. The molecule has 1 heterocycles. The first-order valence-electron chi connectivity index (χ1n) is 7.45. The summed E-state index contributed by atoms with van der Waals surface area (Å²) in [5, 5.41) is 4.54. The zero-order valence-electron chi connectivity index (χ0n) is 12.7. The van der Waals surface area contributed by atoms with E-state index in [1.807, 2.05) is 12.1 Å². The molecule has 1 aromatic carbocycles. The van der Waals surface area contributed by atoms with Gasteiger partial charge in [-0.05, 0) is 37.7 Å². The van der Waals surface area contributed by atoms with Crippen molar-refractivity contribution in [1.82, 2.24) is 9.88 Å². The number of rotatable bonds is 7. The Morgan fingerprint density at radius 2 is 2.10 bits per heavy atom. The Labute approximate surface area is 134 Å².